The first-order valence-corrected chi connectivity index (χ1v) is 8.23. The Morgan fingerprint density at radius 3 is 2.96 bits per heavy atom. The molecule has 1 amide bonds. The van der Waals surface area contributed by atoms with Crippen LogP contribution in [-0.4, -0.2) is 31.5 Å². The summed E-state index contributed by atoms with van der Waals surface area (Å²) in [7, 11) is 0. The van der Waals surface area contributed by atoms with E-state index in [1.807, 2.05) is 6.07 Å². The maximum absolute atomic E-state index is 11.6. The summed E-state index contributed by atoms with van der Waals surface area (Å²) in [6.07, 6.45) is 2.84. The van der Waals surface area contributed by atoms with Gasteiger partial charge in [0.2, 0.25) is 5.91 Å². The number of nitrogens with zero attached hydrogens (tertiary/aromatic N) is 4. The third kappa shape index (κ3) is 3.28. The molecule has 0 bridgehead atoms. The molecule has 0 radical (unpaired) electrons. The van der Waals surface area contributed by atoms with Gasteiger partial charge in [-0.2, -0.15) is 5.21 Å². The van der Waals surface area contributed by atoms with Crippen molar-refractivity contribution in [1.82, 2.24) is 20.6 Å². The molecule has 1 aliphatic carbocycles. The zero-order valence-corrected chi connectivity index (χ0v) is 14.5. The average Bonchev–Trinajstić information content (AvgIpc) is 3.13. The molecule has 24 heavy (non-hydrogen) atoms. The van der Waals surface area contributed by atoms with E-state index in [9.17, 15) is 14.9 Å². The van der Waals surface area contributed by atoms with Crippen LogP contribution in [0.5, 0.6) is 0 Å². The number of benzene rings is 1. The topological polar surface area (TPSA) is 127 Å². The fourth-order valence-corrected chi connectivity index (χ4v) is 3.70. The Hall–Kier alpha value is -2.36. The number of anilines is 1. The molecule has 1 atom stereocenters. The molecule has 1 heterocycles. The molecule has 10 heteroatoms. The van der Waals surface area contributed by atoms with Crippen molar-refractivity contribution in [3.05, 3.63) is 37.6 Å². The molecule has 0 aliphatic heterocycles. The predicted octanol–water partition coefficient (Wildman–Crippen LogP) is 2.18. The summed E-state index contributed by atoms with van der Waals surface area (Å²) < 4.78 is 0.530. The lowest BCUT2D eigenvalue weighted by atomic mass is 10.00. The van der Waals surface area contributed by atoms with E-state index in [1.165, 1.54) is 6.92 Å². The Morgan fingerprint density at radius 2 is 2.33 bits per heavy atom. The molecular formula is C14H15BrN6O3. The number of carbonyl (C=O) groups is 1. The monoisotopic (exact) mass is 394 g/mol. The molecule has 126 valence electrons. The Balaban J connectivity index is 1.86. The zero-order chi connectivity index (χ0) is 17.3. The largest absolute Gasteiger partial charge is 0.320 e. The molecule has 0 spiro atoms. The number of fused-ring (bicyclic) bond motifs is 1. The molecular weight excluding hydrogens is 380 g/mol. The second-order valence-corrected chi connectivity index (χ2v) is 6.65. The number of nitro groups is 1. The van der Waals surface area contributed by atoms with E-state index in [1.54, 1.807) is 0 Å². The molecule has 2 aromatic rings. The molecule has 1 aromatic heterocycles. The van der Waals surface area contributed by atoms with Crippen molar-refractivity contribution in [2.45, 2.75) is 32.6 Å². The second kappa shape index (κ2) is 6.63. The Morgan fingerprint density at radius 1 is 1.54 bits per heavy atom. The van der Waals surface area contributed by atoms with Crippen molar-refractivity contribution in [3.63, 3.8) is 0 Å². The van der Waals surface area contributed by atoms with Gasteiger partial charge in [0, 0.05) is 23.4 Å². The lowest BCUT2D eigenvalue weighted by molar-refractivity contribution is -0.384. The highest BCUT2D eigenvalue weighted by molar-refractivity contribution is 9.10. The number of hydrogen-bond acceptors (Lipinski definition) is 6. The van der Waals surface area contributed by atoms with Gasteiger partial charge in [-0.05, 0) is 52.7 Å². The molecule has 9 nitrogen and oxygen atoms in total. The van der Waals surface area contributed by atoms with Gasteiger partial charge >= 0.3 is 0 Å². The van der Waals surface area contributed by atoms with Gasteiger partial charge in [0.1, 0.15) is 5.69 Å². The van der Waals surface area contributed by atoms with Crippen LogP contribution in [0.4, 0.5) is 11.4 Å². The van der Waals surface area contributed by atoms with Crippen LogP contribution < -0.4 is 5.32 Å². The molecule has 1 unspecified atom stereocenters. The van der Waals surface area contributed by atoms with Crippen molar-refractivity contribution in [3.8, 4) is 0 Å². The van der Waals surface area contributed by atoms with Crippen LogP contribution in [0.2, 0.25) is 0 Å². The molecule has 2 N–H and O–H groups in total. The number of aromatic amines is 1. The maximum Gasteiger partial charge on any atom is 0.297 e. The minimum Gasteiger partial charge on any atom is -0.320 e. The highest BCUT2D eigenvalue weighted by Gasteiger charge is 2.33. The van der Waals surface area contributed by atoms with Gasteiger partial charge in [-0.3, -0.25) is 14.9 Å². The van der Waals surface area contributed by atoms with Gasteiger partial charge in [-0.1, -0.05) is 5.21 Å². The molecule has 0 saturated heterocycles. The van der Waals surface area contributed by atoms with Crippen LogP contribution in [-0.2, 0) is 24.1 Å². The fraction of sp³-hybridized carbons (Fsp3) is 0.429. The van der Waals surface area contributed by atoms with E-state index in [-0.39, 0.29) is 23.2 Å². The highest BCUT2D eigenvalue weighted by atomic mass is 79.9. The first-order valence-electron chi connectivity index (χ1n) is 7.44. The molecule has 0 saturated carbocycles. The molecule has 1 aromatic carbocycles. The van der Waals surface area contributed by atoms with Crippen molar-refractivity contribution in [2.75, 3.05) is 5.32 Å². The number of nitro benzene ring substituents is 1. The van der Waals surface area contributed by atoms with Crippen LogP contribution in [0.1, 0.15) is 30.3 Å². The molecule has 3 rings (SSSR count). The number of nitrogens with one attached hydrogen (secondary N) is 2. The van der Waals surface area contributed by atoms with Crippen LogP contribution in [0.3, 0.4) is 0 Å². The minimum absolute atomic E-state index is 0.0170. The lowest BCUT2D eigenvalue weighted by Crippen LogP contribution is -2.10. The van der Waals surface area contributed by atoms with Crippen LogP contribution in [0.25, 0.3) is 0 Å². The number of rotatable bonds is 5. The Labute approximate surface area is 145 Å². The van der Waals surface area contributed by atoms with Gasteiger partial charge < -0.3 is 5.32 Å². The Kier molecular flexibility index (Phi) is 4.56. The summed E-state index contributed by atoms with van der Waals surface area (Å²) >= 11 is 3.34. The third-order valence-electron chi connectivity index (χ3n) is 4.10. The third-order valence-corrected chi connectivity index (χ3v) is 4.73. The van der Waals surface area contributed by atoms with Crippen molar-refractivity contribution in [2.24, 2.45) is 5.92 Å². The van der Waals surface area contributed by atoms with Gasteiger partial charge in [0.05, 0.1) is 4.92 Å². The first kappa shape index (κ1) is 16.5. The normalized spacial score (nSPS) is 16.0. The SMILES string of the molecule is CC(=O)Nc1c(Br)cc2c(c1[N+](=O)[O-])CC(CCc1nn[nH]n1)C2. The van der Waals surface area contributed by atoms with Crippen LogP contribution in [0.15, 0.2) is 10.5 Å². The van der Waals surface area contributed by atoms with Gasteiger partial charge in [-0.15, -0.1) is 10.2 Å². The van der Waals surface area contributed by atoms with Gasteiger partial charge in [0.15, 0.2) is 5.82 Å². The predicted molar refractivity (Wildman–Crippen MR) is 88.5 cm³/mol. The average molecular weight is 395 g/mol. The van der Waals surface area contributed by atoms with E-state index in [0.29, 0.717) is 28.7 Å². The summed E-state index contributed by atoms with van der Waals surface area (Å²) in [5.41, 5.74) is 1.85. The Bertz CT molecular complexity index is 792. The number of amides is 1. The minimum atomic E-state index is -0.420. The summed E-state index contributed by atoms with van der Waals surface area (Å²) in [5, 5.41) is 27.9. The number of aryl methyl sites for hydroxylation is 1. The summed E-state index contributed by atoms with van der Waals surface area (Å²) in [6.45, 7) is 1.33. The first-order chi connectivity index (χ1) is 11.5. The lowest BCUT2D eigenvalue weighted by Gasteiger charge is -2.10. The number of hydrogen-bond donors (Lipinski definition) is 2. The van der Waals surface area contributed by atoms with Crippen molar-refractivity contribution < 1.29 is 9.72 Å². The van der Waals surface area contributed by atoms with Crippen molar-refractivity contribution >= 4 is 33.2 Å². The van der Waals surface area contributed by atoms with Crippen LogP contribution in [0, 0.1) is 16.0 Å². The zero-order valence-electron chi connectivity index (χ0n) is 12.9. The number of tetrazole rings is 1. The quantitative estimate of drug-likeness (QED) is 0.590. The maximum atomic E-state index is 11.6. The van der Waals surface area contributed by atoms with E-state index < -0.39 is 4.92 Å². The van der Waals surface area contributed by atoms with Crippen LogP contribution >= 0.6 is 15.9 Å². The smallest absolute Gasteiger partial charge is 0.297 e. The van der Waals surface area contributed by atoms with E-state index in [2.05, 4.69) is 41.9 Å². The number of aromatic nitrogens is 4. The van der Waals surface area contributed by atoms with Gasteiger partial charge in [0.25, 0.3) is 5.69 Å². The highest BCUT2D eigenvalue weighted by Crippen LogP contribution is 2.43. The summed E-state index contributed by atoms with van der Waals surface area (Å²) in [5.74, 6) is 0.572. The molecule has 0 fully saturated rings. The van der Waals surface area contributed by atoms with E-state index in [4.69, 9.17) is 0 Å². The van der Waals surface area contributed by atoms with E-state index in [0.717, 1.165) is 18.4 Å². The second-order valence-electron chi connectivity index (χ2n) is 5.80. The van der Waals surface area contributed by atoms with E-state index >= 15 is 0 Å². The standard InChI is InChI=1S/C14H15BrN6O3/c1-7(22)16-13-11(15)6-9-4-8(2-3-12-17-19-20-18-12)5-10(9)14(13)21(23)24/h6,8H,2-5H2,1H3,(H,16,22)(H,17,18,19,20). The number of carbonyl (C=O) groups excluding carboxylic acids is 1. The number of halogens is 1. The summed E-state index contributed by atoms with van der Waals surface area (Å²) in [4.78, 5) is 22.5. The molecule has 1 aliphatic rings. The van der Waals surface area contributed by atoms with Crippen molar-refractivity contribution in [1.29, 1.82) is 0 Å². The fourth-order valence-electron chi connectivity index (χ4n) is 3.13. The summed E-state index contributed by atoms with van der Waals surface area (Å²) in [6, 6.07) is 1.86. The van der Waals surface area contributed by atoms with Gasteiger partial charge in [-0.25, -0.2) is 0 Å². The number of H-pyrrole nitrogens is 1.